The summed E-state index contributed by atoms with van der Waals surface area (Å²) in [5.74, 6) is -0.759. The molecule has 1 heterocycles. The zero-order valence-corrected chi connectivity index (χ0v) is 11.5. The molecule has 4 nitrogen and oxygen atoms in total. The van der Waals surface area contributed by atoms with Gasteiger partial charge in [0.1, 0.15) is 11.7 Å². The second kappa shape index (κ2) is 9.55. The number of rotatable bonds is 10. The summed E-state index contributed by atoms with van der Waals surface area (Å²) in [4.78, 5) is 22.9. The standard InChI is InChI=1S/C15H23NO3/c16-11-8-6-4-2-1-3-5-7-9-14(17)13-10-12-19-15(13)18/h13H,1-10,12H2. The average Bonchev–Trinajstić information content (AvgIpc) is 2.83. The summed E-state index contributed by atoms with van der Waals surface area (Å²) in [5.41, 5.74) is 0. The fourth-order valence-electron chi connectivity index (χ4n) is 2.35. The Balaban J connectivity index is 1.92. The molecule has 1 aliphatic heterocycles. The minimum atomic E-state index is -0.481. The summed E-state index contributed by atoms with van der Waals surface area (Å²) in [7, 11) is 0. The first kappa shape index (κ1) is 15.7. The molecule has 1 aliphatic rings. The van der Waals surface area contributed by atoms with Gasteiger partial charge in [0.15, 0.2) is 0 Å². The van der Waals surface area contributed by atoms with Crippen molar-refractivity contribution in [1.82, 2.24) is 0 Å². The molecule has 0 spiro atoms. The molecule has 1 unspecified atom stereocenters. The first-order valence-electron chi connectivity index (χ1n) is 7.32. The molecule has 0 saturated carbocycles. The Morgan fingerprint density at radius 2 is 1.79 bits per heavy atom. The smallest absolute Gasteiger partial charge is 0.316 e. The Bertz CT molecular complexity index is 333. The van der Waals surface area contributed by atoms with Crippen LogP contribution in [-0.2, 0) is 14.3 Å². The first-order chi connectivity index (χ1) is 9.25. The summed E-state index contributed by atoms with van der Waals surface area (Å²) < 4.78 is 4.80. The van der Waals surface area contributed by atoms with E-state index in [1.165, 1.54) is 12.8 Å². The molecule has 0 bridgehead atoms. The van der Waals surface area contributed by atoms with Crippen molar-refractivity contribution in [2.24, 2.45) is 5.92 Å². The van der Waals surface area contributed by atoms with Gasteiger partial charge in [0.2, 0.25) is 0 Å². The van der Waals surface area contributed by atoms with Crippen LogP contribution in [0.1, 0.15) is 64.2 Å². The fourth-order valence-corrected chi connectivity index (χ4v) is 2.35. The van der Waals surface area contributed by atoms with Crippen LogP contribution in [0, 0.1) is 17.2 Å². The predicted octanol–water partition coefficient (Wildman–Crippen LogP) is 3.15. The predicted molar refractivity (Wildman–Crippen MR) is 71.2 cm³/mol. The molecule has 0 aromatic carbocycles. The lowest BCUT2D eigenvalue weighted by Crippen LogP contribution is -2.18. The third kappa shape index (κ3) is 6.37. The maximum atomic E-state index is 11.7. The molecule has 4 heteroatoms. The Morgan fingerprint density at radius 1 is 1.16 bits per heavy atom. The van der Waals surface area contributed by atoms with Gasteiger partial charge in [0, 0.05) is 19.3 Å². The van der Waals surface area contributed by atoms with E-state index in [0.717, 1.165) is 32.1 Å². The molecule has 1 atom stereocenters. The highest BCUT2D eigenvalue weighted by Crippen LogP contribution is 2.18. The van der Waals surface area contributed by atoms with Crippen molar-refractivity contribution in [2.75, 3.05) is 6.61 Å². The van der Waals surface area contributed by atoms with Gasteiger partial charge in [-0.15, -0.1) is 0 Å². The van der Waals surface area contributed by atoms with Gasteiger partial charge in [0.25, 0.3) is 0 Å². The number of ether oxygens (including phenoxy) is 1. The van der Waals surface area contributed by atoms with Gasteiger partial charge in [-0.3, -0.25) is 9.59 Å². The van der Waals surface area contributed by atoms with E-state index in [-0.39, 0.29) is 11.8 Å². The van der Waals surface area contributed by atoms with E-state index < -0.39 is 5.92 Å². The molecule has 0 aliphatic carbocycles. The highest BCUT2D eigenvalue weighted by molar-refractivity contribution is 5.99. The second-order valence-corrected chi connectivity index (χ2v) is 5.11. The van der Waals surface area contributed by atoms with E-state index in [1.807, 2.05) is 0 Å². The number of ketones is 1. The molecule has 0 amide bonds. The molecular weight excluding hydrogens is 242 g/mol. The molecule has 1 saturated heterocycles. The lowest BCUT2D eigenvalue weighted by atomic mass is 9.97. The summed E-state index contributed by atoms with van der Waals surface area (Å²) in [5, 5.41) is 8.38. The monoisotopic (exact) mass is 265 g/mol. The highest BCUT2D eigenvalue weighted by Gasteiger charge is 2.32. The van der Waals surface area contributed by atoms with E-state index in [2.05, 4.69) is 6.07 Å². The van der Waals surface area contributed by atoms with Gasteiger partial charge in [-0.1, -0.05) is 32.1 Å². The van der Waals surface area contributed by atoms with Crippen molar-refractivity contribution < 1.29 is 14.3 Å². The molecule has 1 rings (SSSR count). The number of nitriles is 1. The van der Waals surface area contributed by atoms with Crippen LogP contribution in [0.4, 0.5) is 0 Å². The molecule has 0 N–H and O–H groups in total. The molecular formula is C15H23NO3. The minimum Gasteiger partial charge on any atom is -0.465 e. The number of hydrogen-bond acceptors (Lipinski definition) is 4. The number of nitrogens with zero attached hydrogens (tertiary/aromatic N) is 1. The van der Waals surface area contributed by atoms with E-state index in [1.54, 1.807) is 0 Å². The normalized spacial score (nSPS) is 18.1. The van der Waals surface area contributed by atoms with Gasteiger partial charge in [-0.2, -0.15) is 5.26 Å². The average molecular weight is 265 g/mol. The second-order valence-electron chi connectivity index (χ2n) is 5.11. The Kier molecular flexibility index (Phi) is 7.88. The topological polar surface area (TPSA) is 67.2 Å². The van der Waals surface area contributed by atoms with E-state index in [9.17, 15) is 9.59 Å². The van der Waals surface area contributed by atoms with Crippen LogP contribution in [-0.4, -0.2) is 18.4 Å². The first-order valence-corrected chi connectivity index (χ1v) is 7.32. The van der Waals surface area contributed by atoms with Crippen LogP contribution in [0.15, 0.2) is 0 Å². The van der Waals surface area contributed by atoms with E-state index >= 15 is 0 Å². The zero-order valence-electron chi connectivity index (χ0n) is 11.5. The molecule has 1 fully saturated rings. The van der Waals surface area contributed by atoms with Gasteiger partial charge in [-0.25, -0.2) is 0 Å². The van der Waals surface area contributed by atoms with Gasteiger partial charge in [-0.05, 0) is 12.8 Å². The van der Waals surface area contributed by atoms with Gasteiger partial charge < -0.3 is 4.74 Å². The third-order valence-electron chi connectivity index (χ3n) is 3.54. The number of cyclic esters (lactones) is 1. The van der Waals surface area contributed by atoms with Crippen LogP contribution in [0.2, 0.25) is 0 Å². The van der Waals surface area contributed by atoms with Gasteiger partial charge in [0.05, 0.1) is 12.7 Å². The highest BCUT2D eigenvalue weighted by atomic mass is 16.5. The van der Waals surface area contributed by atoms with Gasteiger partial charge >= 0.3 is 5.97 Å². The summed E-state index contributed by atoms with van der Waals surface area (Å²) in [6.07, 6.45) is 9.26. The maximum Gasteiger partial charge on any atom is 0.316 e. The summed E-state index contributed by atoms with van der Waals surface area (Å²) >= 11 is 0. The fraction of sp³-hybridized carbons (Fsp3) is 0.800. The number of carbonyl (C=O) groups excluding carboxylic acids is 2. The largest absolute Gasteiger partial charge is 0.465 e. The molecule has 0 radical (unpaired) electrons. The van der Waals surface area contributed by atoms with E-state index in [0.29, 0.717) is 25.9 Å². The van der Waals surface area contributed by atoms with Crippen LogP contribution < -0.4 is 0 Å². The third-order valence-corrected chi connectivity index (χ3v) is 3.54. The lowest BCUT2D eigenvalue weighted by Gasteiger charge is -2.04. The van der Waals surface area contributed by atoms with Crippen LogP contribution >= 0.6 is 0 Å². The van der Waals surface area contributed by atoms with Crippen molar-refractivity contribution in [2.45, 2.75) is 64.2 Å². The summed E-state index contributed by atoms with van der Waals surface area (Å²) in [6, 6.07) is 2.15. The number of carbonyl (C=O) groups is 2. The lowest BCUT2D eigenvalue weighted by molar-refractivity contribution is -0.144. The Morgan fingerprint density at radius 3 is 2.37 bits per heavy atom. The quantitative estimate of drug-likeness (QED) is 0.346. The number of Topliss-reactive ketones (excluding diaryl/α,β-unsaturated/α-hetero) is 1. The van der Waals surface area contributed by atoms with Crippen LogP contribution in [0.3, 0.4) is 0 Å². The van der Waals surface area contributed by atoms with Crippen molar-refractivity contribution >= 4 is 11.8 Å². The Labute approximate surface area is 115 Å². The maximum absolute atomic E-state index is 11.7. The molecule has 0 aromatic heterocycles. The van der Waals surface area contributed by atoms with Crippen molar-refractivity contribution in [3.05, 3.63) is 0 Å². The molecule has 106 valence electrons. The number of esters is 1. The number of unbranched alkanes of at least 4 members (excludes halogenated alkanes) is 7. The Hall–Kier alpha value is -1.37. The van der Waals surface area contributed by atoms with Crippen molar-refractivity contribution in [1.29, 1.82) is 5.26 Å². The van der Waals surface area contributed by atoms with E-state index in [4.69, 9.17) is 10.00 Å². The zero-order chi connectivity index (χ0) is 13.9. The minimum absolute atomic E-state index is 0.0523. The van der Waals surface area contributed by atoms with Crippen LogP contribution in [0.25, 0.3) is 0 Å². The number of hydrogen-bond donors (Lipinski definition) is 0. The molecule has 0 aromatic rings. The van der Waals surface area contributed by atoms with Crippen LogP contribution in [0.5, 0.6) is 0 Å². The molecule has 19 heavy (non-hydrogen) atoms. The van der Waals surface area contributed by atoms with Crippen molar-refractivity contribution in [3.63, 3.8) is 0 Å². The van der Waals surface area contributed by atoms with Crippen molar-refractivity contribution in [3.8, 4) is 6.07 Å². The SMILES string of the molecule is N#CCCCCCCCCCC(=O)C1CCOC1=O. The summed E-state index contributed by atoms with van der Waals surface area (Å²) in [6.45, 7) is 0.401.